The van der Waals surface area contributed by atoms with Crippen molar-refractivity contribution in [2.45, 2.75) is 58.3 Å². The predicted octanol–water partition coefficient (Wildman–Crippen LogP) is 0.915. The molecule has 0 saturated heterocycles. The van der Waals surface area contributed by atoms with Crippen molar-refractivity contribution in [3.05, 3.63) is 0 Å². The summed E-state index contributed by atoms with van der Waals surface area (Å²) < 4.78 is 0. The van der Waals surface area contributed by atoms with Gasteiger partial charge in [-0.05, 0) is 18.8 Å². The number of rotatable bonds is 6. The van der Waals surface area contributed by atoms with E-state index in [2.05, 4.69) is 0 Å². The summed E-state index contributed by atoms with van der Waals surface area (Å²) in [6.07, 6.45) is -0.539. The number of aliphatic hydroxyl groups is 3. The second-order valence-corrected chi connectivity index (χ2v) is 4.06. The maximum absolute atomic E-state index is 9.47. The van der Waals surface area contributed by atoms with Gasteiger partial charge < -0.3 is 15.3 Å². The molecule has 0 aliphatic heterocycles. The molecule has 0 spiro atoms. The van der Waals surface area contributed by atoms with Gasteiger partial charge in [0, 0.05) is 6.42 Å². The average molecular weight is 190 g/mol. The van der Waals surface area contributed by atoms with E-state index in [1.807, 2.05) is 20.8 Å². The first kappa shape index (κ1) is 12.9. The second kappa shape index (κ2) is 6.35. The first-order valence-corrected chi connectivity index (χ1v) is 5.01. The summed E-state index contributed by atoms with van der Waals surface area (Å²) in [5, 5.41) is 28.2. The van der Waals surface area contributed by atoms with E-state index in [0.29, 0.717) is 18.8 Å². The van der Waals surface area contributed by atoms with E-state index >= 15 is 0 Å². The number of aliphatic hydroxyl groups excluding tert-OH is 3. The SMILES string of the molecule is CCC(O)CC(O)C(O)CC(C)C. The highest BCUT2D eigenvalue weighted by molar-refractivity contribution is 4.71. The standard InChI is InChI=1S/C10H22O3/c1-4-8(11)6-10(13)9(12)5-7(2)3/h7-13H,4-6H2,1-3H3. The smallest absolute Gasteiger partial charge is 0.0823 e. The van der Waals surface area contributed by atoms with E-state index in [4.69, 9.17) is 0 Å². The summed E-state index contributed by atoms with van der Waals surface area (Å²) in [6.45, 7) is 5.84. The second-order valence-electron chi connectivity index (χ2n) is 4.06. The Morgan fingerprint density at radius 1 is 0.923 bits per heavy atom. The highest BCUT2D eigenvalue weighted by atomic mass is 16.3. The van der Waals surface area contributed by atoms with E-state index < -0.39 is 18.3 Å². The van der Waals surface area contributed by atoms with Crippen LogP contribution in [0, 0.1) is 5.92 Å². The van der Waals surface area contributed by atoms with Gasteiger partial charge >= 0.3 is 0 Å². The number of hydrogen-bond donors (Lipinski definition) is 3. The fourth-order valence-corrected chi connectivity index (χ4v) is 1.24. The van der Waals surface area contributed by atoms with Crippen LogP contribution >= 0.6 is 0 Å². The van der Waals surface area contributed by atoms with Gasteiger partial charge in [-0.1, -0.05) is 20.8 Å². The molecule has 0 rings (SSSR count). The molecule has 3 N–H and O–H groups in total. The van der Waals surface area contributed by atoms with Crippen molar-refractivity contribution in [3.63, 3.8) is 0 Å². The van der Waals surface area contributed by atoms with Gasteiger partial charge in [0.1, 0.15) is 0 Å². The summed E-state index contributed by atoms with van der Waals surface area (Å²) in [7, 11) is 0. The molecule has 3 heteroatoms. The van der Waals surface area contributed by atoms with E-state index in [0.717, 1.165) is 0 Å². The van der Waals surface area contributed by atoms with Crippen LogP contribution in [-0.4, -0.2) is 33.6 Å². The molecule has 0 heterocycles. The fourth-order valence-electron chi connectivity index (χ4n) is 1.24. The van der Waals surface area contributed by atoms with Gasteiger partial charge in [0.25, 0.3) is 0 Å². The molecule has 3 atom stereocenters. The van der Waals surface area contributed by atoms with E-state index in [1.165, 1.54) is 0 Å². The molecule has 0 radical (unpaired) electrons. The van der Waals surface area contributed by atoms with Crippen LogP contribution < -0.4 is 0 Å². The van der Waals surface area contributed by atoms with Crippen molar-refractivity contribution in [2.75, 3.05) is 0 Å². The van der Waals surface area contributed by atoms with Crippen LogP contribution in [0.2, 0.25) is 0 Å². The zero-order chi connectivity index (χ0) is 10.4. The van der Waals surface area contributed by atoms with E-state index in [-0.39, 0.29) is 6.42 Å². The largest absolute Gasteiger partial charge is 0.393 e. The zero-order valence-corrected chi connectivity index (χ0v) is 8.77. The van der Waals surface area contributed by atoms with Crippen LogP contribution in [0.4, 0.5) is 0 Å². The van der Waals surface area contributed by atoms with Gasteiger partial charge in [0.05, 0.1) is 18.3 Å². The summed E-state index contributed by atoms with van der Waals surface area (Å²) in [5.41, 5.74) is 0. The van der Waals surface area contributed by atoms with Crippen molar-refractivity contribution in [2.24, 2.45) is 5.92 Å². The van der Waals surface area contributed by atoms with Gasteiger partial charge in [0.15, 0.2) is 0 Å². The van der Waals surface area contributed by atoms with Crippen molar-refractivity contribution in [1.82, 2.24) is 0 Å². The summed E-state index contributed by atoms with van der Waals surface area (Å²) in [6, 6.07) is 0. The van der Waals surface area contributed by atoms with Gasteiger partial charge in [-0.2, -0.15) is 0 Å². The highest BCUT2D eigenvalue weighted by Crippen LogP contribution is 2.12. The molecular weight excluding hydrogens is 168 g/mol. The molecule has 0 aliphatic carbocycles. The minimum Gasteiger partial charge on any atom is -0.393 e. The maximum Gasteiger partial charge on any atom is 0.0823 e. The fraction of sp³-hybridized carbons (Fsp3) is 1.00. The molecule has 0 saturated carbocycles. The average Bonchev–Trinajstić information content (AvgIpc) is 2.02. The van der Waals surface area contributed by atoms with E-state index in [1.54, 1.807) is 0 Å². The molecule has 0 aromatic heterocycles. The lowest BCUT2D eigenvalue weighted by Gasteiger charge is -2.21. The molecule has 13 heavy (non-hydrogen) atoms. The van der Waals surface area contributed by atoms with Crippen molar-refractivity contribution < 1.29 is 15.3 Å². The normalized spacial score (nSPS) is 18.7. The third kappa shape index (κ3) is 6.02. The van der Waals surface area contributed by atoms with Gasteiger partial charge in [-0.25, -0.2) is 0 Å². The lowest BCUT2D eigenvalue weighted by molar-refractivity contribution is -0.0211. The zero-order valence-electron chi connectivity index (χ0n) is 8.77. The highest BCUT2D eigenvalue weighted by Gasteiger charge is 2.19. The van der Waals surface area contributed by atoms with Gasteiger partial charge in [-0.15, -0.1) is 0 Å². The lowest BCUT2D eigenvalue weighted by Crippen LogP contribution is -2.30. The van der Waals surface area contributed by atoms with Crippen LogP contribution in [0.15, 0.2) is 0 Å². The minimum atomic E-state index is -0.794. The van der Waals surface area contributed by atoms with Crippen LogP contribution in [0.3, 0.4) is 0 Å². The lowest BCUT2D eigenvalue weighted by atomic mass is 9.98. The quantitative estimate of drug-likeness (QED) is 0.583. The summed E-state index contributed by atoms with van der Waals surface area (Å²) >= 11 is 0. The van der Waals surface area contributed by atoms with Crippen LogP contribution in [0.5, 0.6) is 0 Å². The molecule has 0 aliphatic rings. The molecule has 0 amide bonds. The Hall–Kier alpha value is -0.120. The summed E-state index contributed by atoms with van der Waals surface area (Å²) in [4.78, 5) is 0. The minimum absolute atomic E-state index is 0.268. The first-order valence-electron chi connectivity index (χ1n) is 5.01. The molecule has 0 aromatic carbocycles. The Morgan fingerprint density at radius 2 is 1.38 bits per heavy atom. The molecule has 0 aromatic rings. The topological polar surface area (TPSA) is 60.7 Å². The monoisotopic (exact) mass is 190 g/mol. The van der Waals surface area contributed by atoms with Gasteiger partial charge in [-0.3, -0.25) is 0 Å². The molecular formula is C10H22O3. The molecule has 0 fully saturated rings. The van der Waals surface area contributed by atoms with Crippen molar-refractivity contribution in [3.8, 4) is 0 Å². The van der Waals surface area contributed by atoms with Crippen molar-refractivity contribution in [1.29, 1.82) is 0 Å². The Kier molecular flexibility index (Phi) is 6.29. The third-order valence-electron chi connectivity index (χ3n) is 2.14. The van der Waals surface area contributed by atoms with E-state index in [9.17, 15) is 15.3 Å². The Labute approximate surface area is 80.4 Å². The Bertz CT molecular complexity index is 125. The van der Waals surface area contributed by atoms with Crippen LogP contribution in [0.25, 0.3) is 0 Å². The molecule has 80 valence electrons. The first-order chi connectivity index (χ1) is 5.97. The van der Waals surface area contributed by atoms with Crippen molar-refractivity contribution >= 4 is 0 Å². The third-order valence-corrected chi connectivity index (χ3v) is 2.14. The Morgan fingerprint density at radius 3 is 1.77 bits per heavy atom. The number of hydrogen-bond acceptors (Lipinski definition) is 3. The summed E-state index contributed by atoms with van der Waals surface area (Å²) in [5.74, 6) is 0.364. The van der Waals surface area contributed by atoms with Crippen LogP contribution in [0.1, 0.15) is 40.0 Å². The molecule has 3 unspecified atom stereocenters. The van der Waals surface area contributed by atoms with Gasteiger partial charge in [0.2, 0.25) is 0 Å². The molecule has 0 bridgehead atoms. The Balaban J connectivity index is 3.74. The van der Waals surface area contributed by atoms with Crippen LogP contribution in [-0.2, 0) is 0 Å². The molecule has 3 nitrogen and oxygen atoms in total. The predicted molar refractivity (Wildman–Crippen MR) is 52.4 cm³/mol. The maximum atomic E-state index is 9.47.